The zero-order valence-corrected chi connectivity index (χ0v) is 22.6. The van der Waals surface area contributed by atoms with Gasteiger partial charge in [0, 0.05) is 41.9 Å². The third-order valence-electron chi connectivity index (χ3n) is 6.88. The molecule has 8 heteroatoms. The summed E-state index contributed by atoms with van der Waals surface area (Å²) >= 11 is 0. The van der Waals surface area contributed by atoms with Gasteiger partial charge in [0.1, 0.15) is 11.4 Å². The molecular formula is C33H27N7O. The lowest BCUT2D eigenvalue weighted by atomic mass is 10.0. The van der Waals surface area contributed by atoms with Crippen molar-refractivity contribution in [3.63, 3.8) is 0 Å². The molecule has 3 aromatic carbocycles. The highest BCUT2D eigenvalue weighted by atomic mass is 16.1. The predicted molar refractivity (Wildman–Crippen MR) is 163 cm³/mol. The van der Waals surface area contributed by atoms with E-state index in [1.54, 1.807) is 34.6 Å². The number of amidine groups is 1. The first-order valence-corrected chi connectivity index (χ1v) is 13.2. The maximum atomic E-state index is 14.3. The fourth-order valence-corrected chi connectivity index (χ4v) is 4.97. The van der Waals surface area contributed by atoms with Crippen LogP contribution in [0, 0.1) is 11.8 Å². The highest BCUT2D eigenvalue weighted by molar-refractivity contribution is 6.07. The lowest BCUT2D eigenvalue weighted by molar-refractivity contribution is 0.663. The molecular weight excluding hydrogens is 510 g/mol. The Balaban J connectivity index is 1.50. The van der Waals surface area contributed by atoms with Crippen molar-refractivity contribution in [2.75, 3.05) is 12.8 Å². The van der Waals surface area contributed by atoms with Crippen LogP contribution in [0.2, 0.25) is 0 Å². The number of nitrogens with two attached hydrogens (primary N) is 1. The number of pyridine rings is 1. The van der Waals surface area contributed by atoms with Crippen LogP contribution in [0.4, 0.5) is 5.82 Å². The Morgan fingerprint density at radius 1 is 0.976 bits per heavy atom. The van der Waals surface area contributed by atoms with Gasteiger partial charge in [0.25, 0.3) is 5.56 Å². The fourth-order valence-electron chi connectivity index (χ4n) is 4.97. The molecule has 6 aromatic rings. The van der Waals surface area contributed by atoms with Crippen LogP contribution in [0.15, 0.2) is 113 Å². The second kappa shape index (κ2) is 10.8. The zero-order chi connectivity index (χ0) is 28.3. The largest absolute Gasteiger partial charge is 0.382 e. The molecule has 0 spiro atoms. The molecule has 0 aliphatic heterocycles. The summed E-state index contributed by atoms with van der Waals surface area (Å²) in [6.45, 7) is 1.99. The number of benzene rings is 3. The van der Waals surface area contributed by atoms with E-state index in [9.17, 15) is 4.79 Å². The predicted octanol–water partition coefficient (Wildman–Crippen LogP) is 4.74. The minimum Gasteiger partial charge on any atom is -0.382 e. The van der Waals surface area contributed by atoms with Crippen LogP contribution in [-0.4, -0.2) is 32.0 Å². The molecule has 3 aromatic heterocycles. The van der Waals surface area contributed by atoms with Gasteiger partial charge in [-0.2, -0.15) is 0 Å². The number of rotatable bonds is 4. The first-order valence-electron chi connectivity index (χ1n) is 13.2. The first kappa shape index (κ1) is 25.6. The summed E-state index contributed by atoms with van der Waals surface area (Å²) in [5.74, 6) is 7.26. The zero-order valence-electron chi connectivity index (χ0n) is 22.6. The molecule has 200 valence electrons. The molecule has 1 unspecified atom stereocenters. The summed E-state index contributed by atoms with van der Waals surface area (Å²) in [7, 11) is 1.68. The second-order valence-electron chi connectivity index (χ2n) is 9.52. The van der Waals surface area contributed by atoms with Crippen LogP contribution in [0.5, 0.6) is 0 Å². The highest BCUT2D eigenvalue weighted by Crippen LogP contribution is 2.25. The molecule has 0 saturated carbocycles. The van der Waals surface area contributed by atoms with Gasteiger partial charge in [-0.25, -0.2) is 9.50 Å². The van der Waals surface area contributed by atoms with E-state index in [2.05, 4.69) is 32.2 Å². The molecule has 3 N–H and O–H groups in total. The standard InChI is InChI=1S/C33H27N7O/c1-22(37-31(35-2)29-30(34)38-39-20-10-19-36-32(29)39)27-21-25-14-9-13-24(18-17-23-11-5-3-6-12-23)28(25)33(41)40(27)26-15-7-4-8-16-26/h3-16,19-22H,1-2H3,(H2,34,38)(H,35,37). The summed E-state index contributed by atoms with van der Waals surface area (Å²) in [6.07, 6.45) is 3.47. The van der Waals surface area contributed by atoms with Crippen molar-refractivity contribution in [1.82, 2.24) is 24.5 Å². The van der Waals surface area contributed by atoms with E-state index < -0.39 is 0 Å². The highest BCUT2D eigenvalue weighted by Gasteiger charge is 2.22. The van der Waals surface area contributed by atoms with Crippen LogP contribution < -0.4 is 16.6 Å². The van der Waals surface area contributed by atoms with E-state index in [-0.39, 0.29) is 11.6 Å². The van der Waals surface area contributed by atoms with Crippen LogP contribution in [0.3, 0.4) is 0 Å². The molecule has 8 nitrogen and oxygen atoms in total. The van der Waals surface area contributed by atoms with Crippen molar-refractivity contribution in [1.29, 1.82) is 0 Å². The summed E-state index contributed by atoms with van der Waals surface area (Å²) in [5.41, 5.74) is 10.4. The smallest absolute Gasteiger partial charge is 0.264 e. The third kappa shape index (κ3) is 4.81. The van der Waals surface area contributed by atoms with Crippen molar-refractivity contribution < 1.29 is 0 Å². The van der Waals surface area contributed by atoms with E-state index in [4.69, 9.17) is 5.73 Å². The molecule has 0 amide bonds. The number of nitrogen functional groups attached to an aromatic ring is 1. The Kier molecular flexibility index (Phi) is 6.76. The Hall–Kier alpha value is -5.68. The molecule has 1 atom stereocenters. The number of hydrogen-bond acceptors (Lipinski definition) is 5. The summed E-state index contributed by atoms with van der Waals surface area (Å²) < 4.78 is 3.36. The maximum absolute atomic E-state index is 14.3. The number of para-hydroxylation sites is 1. The van der Waals surface area contributed by atoms with Gasteiger partial charge in [0.05, 0.1) is 11.4 Å². The van der Waals surface area contributed by atoms with Gasteiger partial charge in [0.2, 0.25) is 0 Å². The van der Waals surface area contributed by atoms with Crippen molar-refractivity contribution in [2.24, 2.45) is 4.99 Å². The number of fused-ring (bicyclic) bond motifs is 2. The minimum absolute atomic E-state index is 0.150. The van der Waals surface area contributed by atoms with Gasteiger partial charge in [-0.3, -0.25) is 14.4 Å². The van der Waals surface area contributed by atoms with Gasteiger partial charge < -0.3 is 11.1 Å². The van der Waals surface area contributed by atoms with Gasteiger partial charge in [-0.1, -0.05) is 60.4 Å². The van der Waals surface area contributed by atoms with Gasteiger partial charge >= 0.3 is 0 Å². The molecule has 0 aliphatic rings. The summed E-state index contributed by atoms with van der Waals surface area (Å²) in [6, 6.07) is 28.6. The summed E-state index contributed by atoms with van der Waals surface area (Å²) in [4.78, 5) is 23.2. The number of nitrogens with one attached hydrogen (secondary N) is 1. The molecule has 0 radical (unpaired) electrons. The van der Waals surface area contributed by atoms with Gasteiger partial charge in [-0.05, 0) is 54.8 Å². The third-order valence-corrected chi connectivity index (χ3v) is 6.88. The van der Waals surface area contributed by atoms with E-state index in [0.717, 1.165) is 22.3 Å². The normalized spacial score (nSPS) is 12.2. The first-order chi connectivity index (χ1) is 20.0. The Labute approximate surface area is 236 Å². The average Bonchev–Trinajstić information content (AvgIpc) is 3.34. The van der Waals surface area contributed by atoms with Crippen LogP contribution in [0.1, 0.15) is 35.3 Å². The molecule has 0 saturated heterocycles. The number of aromatic nitrogens is 4. The maximum Gasteiger partial charge on any atom is 0.264 e. The van der Waals surface area contributed by atoms with Gasteiger partial charge in [0.15, 0.2) is 11.5 Å². The van der Waals surface area contributed by atoms with E-state index in [1.165, 1.54) is 0 Å². The quantitative estimate of drug-likeness (QED) is 0.192. The molecule has 41 heavy (non-hydrogen) atoms. The van der Waals surface area contributed by atoms with Crippen molar-refractivity contribution in [2.45, 2.75) is 13.0 Å². The number of anilines is 1. The lowest BCUT2D eigenvalue weighted by Crippen LogP contribution is -2.33. The monoisotopic (exact) mass is 537 g/mol. The SMILES string of the molecule is CN=C(NC(C)c1cc2cccc(C#Cc3ccccc3)c2c(=O)n1-c1ccccc1)c1c(N)nn2cccnc12. The number of nitrogens with zero attached hydrogens (tertiary/aromatic N) is 5. The van der Waals surface area contributed by atoms with Crippen molar-refractivity contribution in [3.05, 3.63) is 136 Å². The van der Waals surface area contributed by atoms with E-state index in [0.29, 0.717) is 33.8 Å². The van der Waals surface area contributed by atoms with Crippen LogP contribution >= 0.6 is 0 Å². The summed E-state index contributed by atoms with van der Waals surface area (Å²) in [5, 5.41) is 9.21. The van der Waals surface area contributed by atoms with Crippen LogP contribution in [0.25, 0.3) is 22.1 Å². The lowest BCUT2D eigenvalue weighted by Gasteiger charge is -2.22. The number of aliphatic imine (C=N–C) groups is 1. The minimum atomic E-state index is -0.344. The topological polar surface area (TPSA) is 103 Å². The molecule has 0 fully saturated rings. The molecule has 3 heterocycles. The van der Waals surface area contributed by atoms with Gasteiger partial charge in [-0.15, -0.1) is 5.10 Å². The van der Waals surface area contributed by atoms with Crippen molar-refractivity contribution >= 4 is 28.1 Å². The molecule has 0 aliphatic carbocycles. The Morgan fingerprint density at radius 2 is 1.73 bits per heavy atom. The van der Waals surface area contributed by atoms with Crippen LogP contribution in [-0.2, 0) is 0 Å². The second-order valence-corrected chi connectivity index (χ2v) is 9.52. The molecule has 0 bridgehead atoms. The molecule has 6 rings (SSSR count). The Bertz CT molecular complexity index is 2030. The Morgan fingerprint density at radius 3 is 2.49 bits per heavy atom. The van der Waals surface area contributed by atoms with Crippen molar-refractivity contribution in [3.8, 4) is 17.5 Å². The number of hydrogen-bond donors (Lipinski definition) is 2. The average molecular weight is 538 g/mol. The fraction of sp³-hybridized carbons (Fsp3) is 0.0909. The van der Waals surface area contributed by atoms with E-state index in [1.807, 2.05) is 91.9 Å². The van der Waals surface area contributed by atoms with E-state index >= 15 is 0 Å².